The summed E-state index contributed by atoms with van der Waals surface area (Å²) in [6.45, 7) is 7.40. The Morgan fingerprint density at radius 1 is 1.41 bits per heavy atom. The van der Waals surface area contributed by atoms with E-state index in [1.807, 2.05) is 13.1 Å². The molecule has 0 radical (unpaired) electrons. The summed E-state index contributed by atoms with van der Waals surface area (Å²) in [5.41, 5.74) is 2.56. The van der Waals surface area contributed by atoms with Crippen molar-refractivity contribution < 1.29 is 9.84 Å². The van der Waals surface area contributed by atoms with Gasteiger partial charge in [0.05, 0.1) is 18.8 Å². The highest BCUT2D eigenvalue weighted by atomic mass is 16.5. The third-order valence-corrected chi connectivity index (χ3v) is 3.21. The molecule has 3 heteroatoms. The molecular formula is C14H21NO2. The van der Waals surface area contributed by atoms with Crippen LogP contribution >= 0.6 is 0 Å². The van der Waals surface area contributed by atoms with Crippen LogP contribution in [0.5, 0.6) is 5.75 Å². The van der Waals surface area contributed by atoms with E-state index in [1.165, 1.54) is 5.56 Å². The van der Waals surface area contributed by atoms with Gasteiger partial charge in [0.15, 0.2) is 0 Å². The quantitative estimate of drug-likeness (QED) is 0.809. The van der Waals surface area contributed by atoms with Gasteiger partial charge in [0.25, 0.3) is 0 Å². The lowest BCUT2D eigenvalue weighted by molar-refractivity contribution is 0.113. The lowest BCUT2D eigenvalue weighted by atomic mass is 9.86. The minimum absolute atomic E-state index is 0.0603. The van der Waals surface area contributed by atoms with Crippen LogP contribution in [0.2, 0.25) is 0 Å². The first-order valence-corrected chi connectivity index (χ1v) is 6.05. The summed E-state index contributed by atoms with van der Waals surface area (Å²) in [5.74, 6) is 0.866. The summed E-state index contributed by atoms with van der Waals surface area (Å²) in [7, 11) is 2.04. The number of fused-ring (bicyclic) bond motifs is 1. The van der Waals surface area contributed by atoms with Crippen LogP contribution < -0.4 is 9.64 Å². The molecule has 1 aliphatic rings. The standard InChI is InChI=1S/C14H21NO2/c1-14(2,3)10-5-6-13-12(7-10)15(4)8-11(9-16)17-13/h5-7,11,16H,8-9H2,1-4H3/t11-/m1/s1. The Kier molecular flexibility index (Phi) is 3.04. The lowest BCUT2D eigenvalue weighted by Crippen LogP contribution is -2.40. The molecule has 0 saturated heterocycles. The van der Waals surface area contributed by atoms with Gasteiger partial charge >= 0.3 is 0 Å². The second-order valence-corrected chi connectivity index (χ2v) is 5.74. The minimum atomic E-state index is -0.118. The number of rotatable bonds is 1. The van der Waals surface area contributed by atoms with E-state index in [1.54, 1.807) is 0 Å². The van der Waals surface area contributed by atoms with E-state index in [-0.39, 0.29) is 18.1 Å². The molecule has 94 valence electrons. The van der Waals surface area contributed by atoms with E-state index in [4.69, 9.17) is 9.84 Å². The fourth-order valence-electron chi connectivity index (χ4n) is 2.10. The molecule has 0 aliphatic carbocycles. The molecule has 1 N–H and O–H groups in total. The van der Waals surface area contributed by atoms with Gasteiger partial charge in [-0.05, 0) is 23.1 Å². The van der Waals surface area contributed by atoms with Crippen LogP contribution in [0.15, 0.2) is 18.2 Å². The number of likely N-dealkylation sites (N-methyl/N-ethyl adjacent to an activating group) is 1. The van der Waals surface area contributed by atoms with Gasteiger partial charge in [0.2, 0.25) is 0 Å². The minimum Gasteiger partial charge on any atom is -0.484 e. The topological polar surface area (TPSA) is 32.7 Å². The molecule has 1 heterocycles. The van der Waals surface area contributed by atoms with Crippen LogP contribution in [0.1, 0.15) is 26.3 Å². The molecule has 1 aliphatic heterocycles. The Balaban J connectivity index is 2.37. The van der Waals surface area contributed by atoms with Crippen molar-refractivity contribution in [2.24, 2.45) is 0 Å². The summed E-state index contributed by atoms with van der Waals surface area (Å²) in [5, 5.41) is 9.17. The molecule has 3 nitrogen and oxygen atoms in total. The monoisotopic (exact) mass is 235 g/mol. The Morgan fingerprint density at radius 2 is 2.12 bits per heavy atom. The van der Waals surface area contributed by atoms with Gasteiger partial charge in [0.1, 0.15) is 11.9 Å². The van der Waals surface area contributed by atoms with Crippen molar-refractivity contribution in [3.8, 4) is 5.75 Å². The summed E-state index contributed by atoms with van der Waals surface area (Å²) < 4.78 is 5.73. The van der Waals surface area contributed by atoms with Gasteiger partial charge in [-0.25, -0.2) is 0 Å². The molecule has 0 bridgehead atoms. The van der Waals surface area contributed by atoms with Crippen LogP contribution in [0, 0.1) is 0 Å². The lowest BCUT2D eigenvalue weighted by Gasteiger charge is -2.34. The average Bonchev–Trinajstić information content (AvgIpc) is 2.27. The van der Waals surface area contributed by atoms with E-state index < -0.39 is 0 Å². The maximum atomic E-state index is 9.17. The fraction of sp³-hybridized carbons (Fsp3) is 0.571. The van der Waals surface area contributed by atoms with Crippen molar-refractivity contribution >= 4 is 5.69 Å². The van der Waals surface area contributed by atoms with E-state index in [0.717, 1.165) is 18.0 Å². The van der Waals surface area contributed by atoms with E-state index in [9.17, 15) is 0 Å². The van der Waals surface area contributed by atoms with Crippen molar-refractivity contribution in [1.82, 2.24) is 0 Å². The number of anilines is 1. The molecule has 17 heavy (non-hydrogen) atoms. The van der Waals surface area contributed by atoms with Crippen molar-refractivity contribution in [2.45, 2.75) is 32.3 Å². The van der Waals surface area contributed by atoms with Crippen LogP contribution in [-0.4, -0.2) is 31.4 Å². The van der Waals surface area contributed by atoms with Gasteiger partial charge in [-0.1, -0.05) is 26.8 Å². The number of benzene rings is 1. The first-order valence-electron chi connectivity index (χ1n) is 6.05. The molecule has 1 aromatic carbocycles. The Morgan fingerprint density at radius 3 is 2.71 bits per heavy atom. The van der Waals surface area contributed by atoms with Crippen molar-refractivity contribution in [3.63, 3.8) is 0 Å². The zero-order valence-corrected chi connectivity index (χ0v) is 11.0. The number of ether oxygens (including phenoxy) is 1. The maximum Gasteiger partial charge on any atom is 0.143 e. The van der Waals surface area contributed by atoms with Crippen LogP contribution in [0.25, 0.3) is 0 Å². The summed E-state index contributed by atoms with van der Waals surface area (Å²) in [4.78, 5) is 2.15. The third kappa shape index (κ3) is 2.39. The highest BCUT2D eigenvalue weighted by Crippen LogP contribution is 2.36. The number of nitrogens with zero attached hydrogens (tertiary/aromatic N) is 1. The molecule has 0 aromatic heterocycles. The number of aliphatic hydroxyl groups is 1. The SMILES string of the molecule is CN1C[C@H](CO)Oc2ccc(C(C)(C)C)cc21. The van der Waals surface area contributed by atoms with Crippen molar-refractivity contribution in [1.29, 1.82) is 0 Å². The van der Waals surface area contributed by atoms with E-state index >= 15 is 0 Å². The molecule has 0 fully saturated rings. The zero-order valence-electron chi connectivity index (χ0n) is 11.0. The predicted molar refractivity (Wildman–Crippen MR) is 69.9 cm³/mol. The molecule has 2 rings (SSSR count). The zero-order chi connectivity index (χ0) is 12.6. The molecule has 0 unspecified atom stereocenters. The van der Waals surface area contributed by atoms with Gasteiger partial charge in [-0.3, -0.25) is 0 Å². The molecule has 1 atom stereocenters. The second kappa shape index (κ2) is 4.22. The Labute approximate surface area is 103 Å². The van der Waals surface area contributed by atoms with Crippen LogP contribution in [0.4, 0.5) is 5.69 Å². The van der Waals surface area contributed by atoms with Gasteiger partial charge in [-0.15, -0.1) is 0 Å². The number of hydrogen-bond acceptors (Lipinski definition) is 3. The second-order valence-electron chi connectivity index (χ2n) is 5.74. The Hall–Kier alpha value is -1.22. The highest BCUT2D eigenvalue weighted by molar-refractivity contribution is 5.62. The smallest absolute Gasteiger partial charge is 0.143 e. The van der Waals surface area contributed by atoms with Crippen LogP contribution in [0.3, 0.4) is 0 Å². The normalized spacial score (nSPS) is 19.8. The van der Waals surface area contributed by atoms with Gasteiger partial charge in [0, 0.05) is 7.05 Å². The maximum absolute atomic E-state index is 9.17. The largest absolute Gasteiger partial charge is 0.484 e. The van der Waals surface area contributed by atoms with Crippen molar-refractivity contribution in [2.75, 3.05) is 25.1 Å². The number of aliphatic hydroxyl groups excluding tert-OH is 1. The summed E-state index contributed by atoms with van der Waals surface area (Å²) in [6, 6.07) is 6.30. The van der Waals surface area contributed by atoms with E-state index in [0.29, 0.717) is 0 Å². The van der Waals surface area contributed by atoms with Gasteiger partial charge < -0.3 is 14.7 Å². The third-order valence-electron chi connectivity index (χ3n) is 3.21. The van der Waals surface area contributed by atoms with E-state index in [2.05, 4.69) is 37.8 Å². The molecule has 0 spiro atoms. The first kappa shape index (κ1) is 12.2. The van der Waals surface area contributed by atoms with Crippen LogP contribution in [-0.2, 0) is 5.41 Å². The highest BCUT2D eigenvalue weighted by Gasteiger charge is 2.24. The van der Waals surface area contributed by atoms with Gasteiger partial charge in [-0.2, -0.15) is 0 Å². The van der Waals surface area contributed by atoms with Crippen molar-refractivity contribution in [3.05, 3.63) is 23.8 Å². The summed E-state index contributed by atoms with van der Waals surface area (Å²) in [6.07, 6.45) is -0.118. The predicted octanol–water partition coefficient (Wildman–Crippen LogP) is 2.17. The molecule has 0 amide bonds. The fourth-order valence-corrected chi connectivity index (χ4v) is 2.10. The number of hydrogen-bond donors (Lipinski definition) is 1. The summed E-state index contributed by atoms with van der Waals surface area (Å²) >= 11 is 0. The molecular weight excluding hydrogens is 214 g/mol. The molecule has 0 saturated carbocycles. The Bertz CT molecular complexity index is 409. The average molecular weight is 235 g/mol. The first-order chi connectivity index (χ1) is 7.91. The molecule has 1 aromatic rings.